The van der Waals surface area contributed by atoms with Gasteiger partial charge in [0.25, 0.3) is 0 Å². The zero-order valence-corrected chi connectivity index (χ0v) is 12.1. The lowest BCUT2D eigenvalue weighted by atomic mass is 9.99. The molecule has 0 saturated carbocycles. The van der Waals surface area contributed by atoms with Gasteiger partial charge >= 0.3 is 0 Å². The van der Waals surface area contributed by atoms with Crippen molar-refractivity contribution in [2.75, 3.05) is 0 Å². The standard InChI is InChI=1S/C14H11Cl3FN/c15-11-5-4-9(18)6-8(11)7-13(19)10-2-1-3-12(16)14(10)17/h1-6,13H,7,19H2. The molecule has 0 radical (unpaired) electrons. The Bertz CT molecular complexity index is 601. The van der Waals surface area contributed by atoms with Crippen LogP contribution in [0.3, 0.4) is 0 Å². The van der Waals surface area contributed by atoms with E-state index in [0.29, 0.717) is 27.1 Å². The Morgan fingerprint density at radius 1 is 1.05 bits per heavy atom. The van der Waals surface area contributed by atoms with E-state index in [1.165, 1.54) is 18.2 Å². The maximum Gasteiger partial charge on any atom is 0.123 e. The first-order valence-electron chi connectivity index (χ1n) is 5.62. The highest BCUT2D eigenvalue weighted by atomic mass is 35.5. The van der Waals surface area contributed by atoms with Crippen LogP contribution in [0.1, 0.15) is 17.2 Å². The zero-order chi connectivity index (χ0) is 14.0. The molecule has 2 aromatic carbocycles. The van der Waals surface area contributed by atoms with Crippen LogP contribution in [0.25, 0.3) is 0 Å². The predicted octanol–water partition coefficient (Wildman–Crippen LogP) is 5.03. The third kappa shape index (κ3) is 3.40. The fraction of sp³-hybridized carbons (Fsp3) is 0.143. The summed E-state index contributed by atoms with van der Waals surface area (Å²) in [6, 6.07) is 9.06. The minimum Gasteiger partial charge on any atom is -0.324 e. The molecule has 0 aliphatic carbocycles. The first-order valence-corrected chi connectivity index (χ1v) is 6.76. The van der Waals surface area contributed by atoms with E-state index < -0.39 is 6.04 Å². The van der Waals surface area contributed by atoms with Gasteiger partial charge in [0, 0.05) is 11.1 Å². The average molecular weight is 319 g/mol. The van der Waals surface area contributed by atoms with Crippen molar-refractivity contribution >= 4 is 34.8 Å². The second-order valence-corrected chi connectivity index (χ2v) is 5.38. The molecular formula is C14H11Cl3FN. The SMILES string of the molecule is NC(Cc1cc(F)ccc1Cl)c1cccc(Cl)c1Cl. The van der Waals surface area contributed by atoms with E-state index in [-0.39, 0.29) is 5.82 Å². The molecule has 1 nitrogen and oxygen atoms in total. The van der Waals surface area contributed by atoms with Gasteiger partial charge in [-0.2, -0.15) is 0 Å². The molecule has 1 unspecified atom stereocenters. The summed E-state index contributed by atoms with van der Waals surface area (Å²) in [4.78, 5) is 0. The molecule has 0 saturated heterocycles. The summed E-state index contributed by atoms with van der Waals surface area (Å²) >= 11 is 18.1. The van der Waals surface area contributed by atoms with Crippen molar-refractivity contribution in [2.24, 2.45) is 5.73 Å². The molecule has 0 aromatic heterocycles. The Morgan fingerprint density at radius 2 is 1.79 bits per heavy atom. The molecule has 0 spiro atoms. The third-order valence-corrected chi connectivity index (χ3v) is 4.03. The van der Waals surface area contributed by atoms with Crippen LogP contribution in [0.2, 0.25) is 15.1 Å². The highest BCUT2D eigenvalue weighted by Crippen LogP contribution is 2.31. The van der Waals surface area contributed by atoms with Gasteiger partial charge in [0.2, 0.25) is 0 Å². The maximum absolute atomic E-state index is 13.2. The minimum atomic E-state index is -0.398. The molecule has 2 aromatic rings. The average Bonchev–Trinajstić information content (AvgIpc) is 2.37. The van der Waals surface area contributed by atoms with Gasteiger partial charge in [-0.25, -0.2) is 4.39 Å². The maximum atomic E-state index is 13.2. The first-order chi connectivity index (χ1) is 8.99. The predicted molar refractivity (Wildman–Crippen MR) is 78.5 cm³/mol. The van der Waals surface area contributed by atoms with Crippen LogP contribution >= 0.6 is 34.8 Å². The largest absolute Gasteiger partial charge is 0.324 e. The van der Waals surface area contributed by atoms with E-state index in [2.05, 4.69) is 0 Å². The van der Waals surface area contributed by atoms with Gasteiger partial charge in [-0.1, -0.05) is 46.9 Å². The van der Waals surface area contributed by atoms with Crippen LogP contribution in [-0.4, -0.2) is 0 Å². The van der Waals surface area contributed by atoms with Crippen molar-refractivity contribution in [1.82, 2.24) is 0 Å². The summed E-state index contributed by atoms with van der Waals surface area (Å²) in [5.41, 5.74) is 7.45. The Morgan fingerprint density at radius 3 is 2.53 bits per heavy atom. The minimum absolute atomic E-state index is 0.344. The van der Waals surface area contributed by atoms with E-state index in [1.54, 1.807) is 18.2 Å². The van der Waals surface area contributed by atoms with Crippen molar-refractivity contribution in [1.29, 1.82) is 0 Å². The molecule has 19 heavy (non-hydrogen) atoms. The monoisotopic (exact) mass is 317 g/mol. The highest BCUT2D eigenvalue weighted by Gasteiger charge is 2.14. The molecule has 0 amide bonds. The zero-order valence-electron chi connectivity index (χ0n) is 9.84. The molecule has 0 fully saturated rings. The number of rotatable bonds is 3. The van der Waals surface area contributed by atoms with Crippen molar-refractivity contribution < 1.29 is 4.39 Å². The molecule has 0 bridgehead atoms. The molecule has 100 valence electrons. The number of halogens is 4. The van der Waals surface area contributed by atoms with Crippen LogP contribution in [-0.2, 0) is 6.42 Å². The van der Waals surface area contributed by atoms with Crippen LogP contribution < -0.4 is 5.73 Å². The molecule has 2 N–H and O–H groups in total. The van der Waals surface area contributed by atoms with Gasteiger partial charge in [-0.05, 0) is 41.8 Å². The van der Waals surface area contributed by atoms with Crippen LogP contribution in [0.5, 0.6) is 0 Å². The van der Waals surface area contributed by atoms with Crippen molar-refractivity contribution in [2.45, 2.75) is 12.5 Å². The van der Waals surface area contributed by atoms with E-state index in [4.69, 9.17) is 40.5 Å². The first kappa shape index (κ1) is 14.6. The Labute approximate surface area is 126 Å². The van der Waals surface area contributed by atoms with Gasteiger partial charge in [0.05, 0.1) is 10.0 Å². The number of benzene rings is 2. The topological polar surface area (TPSA) is 26.0 Å². The van der Waals surface area contributed by atoms with E-state index in [9.17, 15) is 4.39 Å². The molecule has 2 rings (SSSR count). The molecule has 1 atom stereocenters. The van der Waals surface area contributed by atoms with E-state index in [1.807, 2.05) is 0 Å². The molecule has 0 heterocycles. The Hall–Kier alpha value is -0.800. The summed E-state index contributed by atoms with van der Waals surface area (Å²) in [5.74, 6) is -0.344. The molecular weight excluding hydrogens is 308 g/mol. The summed E-state index contributed by atoms with van der Waals surface area (Å²) in [7, 11) is 0. The quantitative estimate of drug-likeness (QED) is 0.844. The smallest absolute Gasteiger partial charge is 0.123 e. The normalized spacial score (nSPS) is 12.5. The lowest BCUT2D eigenvalue weighted by Gasteiger charge is -2.15. The van der Waals surface area contributed by atoms with Gasteiger partial charge in [0.15, 0.2) is 0 Å². The van der Waals surface area contributed by atoms with Gasteiger partial charge in [-0.15, -0.1) is 0 Å². The number of nitrogens with two attached hydrogens (primary N) is 1. The second kappa shape index (κ2) is 6.10. The van der Waals surface area contributed by atoms with Gasteiger partial charge in [0.1, 0.15) is 5.82 Å². The molecule has 0 aliphatic heterocycles. The van der Waals surface area contributed by atoms with Gasteiger partial charge < -0.3 is 5.73 Å². The van der Waals surface area contributed by atoms with E-state index in [0.717, 1.165) is 5.56 Å². The molecule has 0 aliphatic rings. The Kier molecular flexibility index (Phi) is 4.69. The van der Waals surface area contributed by atoms with Crippen molar-refractivity contribution in [3.63, 3.8) is 0 Å². The van der Waals surface area contributed by atoms with Crippen LogP contribution in [0, 0.1) is 5.82 Å². The second-order valence-electron chi connectivity index (χ2n) is 4.19. The fourth-order valence-corrected chi connectivity index (χ4v) is 2.50. The summed E-state index contributed by atoms with van der Waals surface area (Å²) < 4.78 is 13.2. The third-order valence-electron chi connectivity index (χ3n) is 2.83. The number of hydrogen-bond acceptors (Lipinski definition) is 1. The van der Waals surface area contributed by atoms with Crippen molar-refractivity contribution in [3.05, 3.63) is 68.4 Å². The van der Waals surface area contributed by atoms with Gasteiger partial charge in [-0.3, -0.25) is 0 Å². The van der Waals surface area contributed by atoms with E-state index >= 15 is 0 Å². The van der Waals surface area contributed by atoms with Crippen LogP contribution in [0.15, 0.2) is 36.4 Å². The fourth-order valence-electron chi connectivity index (χ4n) is 1.85. The molecule has 5 heteroatoms. The number of hydrogen-bond donors (Lipinski definition) is 1. The Balaban J connectivity index is 2.28. The summed E-state index contributed by atoms with van der Waals surface area (Å²) in [5, 5.41) is 1.35. The van der Waals surface area contributed by atoms with Crippen molar-refractivity contribution in [3.8, 4) is 0 Å². The summed E-state index contributed by atoms with van der Waals surface area (Å²) in [6.45, 7) is 0. The van der Waals surface area contributed by atoms with Crippen LogP contribution in [0.4, 0.5) is 4.39 Å². The lowest BCUT2D eigenvalue weighted by molar-refractivity contribution is 0.622. The summed E-state index contributed by atoms with van der Waals surface area (Å²) in [6.07, 6.45) is 0.386. The highest BCUT2D eigenvalue weighted by molar-refractivity contribution is 6.42. The lowest BCUT2D eigenvalue weighted by Crippen LogP contribution is -2.14.